The zero-order valence-corrected chi connectivity index (χ0v) is 11.9. The number of carbonyl (C=O) groups is 1. The molecule has 4 nitrogen and oxygen atoms in total. The number of carboxylic acids is 1. The molecule has 1 aliphatic rings. The van der Waals surface area contributed by atoms with Crippen LogP contribution < -0.4 is 5.32 Å². The average Bonchev–Trinajstić information content (AvgIpc) is 2.67. The molecule has 5 heteroatoms. The van der Waals surface area contributed by atoms with Crippen molar-refractivity contribution in [1.82, 2.24) is 4.98 Å². The monoisotopic (exact) mass is 268 g/mol. The number of hydrogen-bond acceptors (Lipinski definition) is 4. The van der Waals surface area contributed by atoms with Crippen LogP contribution in [0.1, 0.15) is 50.1 Å². The number of fused-ring (bicyclic) bond motifs is 1. The fourth-order valence-corrected chi connectivity index (χ4v) is 3.14. The standard InChI is InChI=1S/C13H20N2O2S/c1-13(2,3)7-14-12-15-10-8(11(16)17)5-4-6-9(10)18-12/h8H,4-7H2,1-3H3,(H,14,15)(H,16,17). The van der Waals surface area contributed by atoms with Gasteiger partial charge >= 0.3 is 5.97 Å². The van der Waals surface area contributed by atoms with Gasteiger partial charge in [-0.1, -0.05) is 20.8 Å². The summed E-state index contributed by atoms with van der Waals surface area (Å²) in [7, 11) is 0. The second kappa shape index (κ2) is 4.88. The van der Waals surface area contributed by atoms with Gasteiger partial charge < -0.3 is 10.4 Å². The van der Waals surface area contributed by atoms with Crippen molar-refractivity contribution in [3.8, 4) is 0 Å². The van der Waals surface area contributed by atoms with Crippen LogP contribution in [-0.4, -0.2) is 22.6 Å². The quantitative estimate of drug-likeness (QED) is 0.884. The molecule has 0 aliphatic heterocycles. The van der Waals surface area contributed by atoms with Crippen molar-refractivity contribution in [3.63, 3.8) is 0 Å². The summed E-state index contributed by atoms with van der Waals surface area (Å²) in [5.41, 5.74) is 0.980. The highest BCUT2D eigenvalue weighted by Gasteiger charge is 2.30. The highest BCUT2D eigenvalue weighted by Crippen LogP contribution is 2.37. The van der Waals surface area contributed by atoms with Gasteiger partial charge in [-0.05, 0) is 24.7 Å². The van der Waals surface area contributed by atoms with Crippen LogP contribution >= 0.6 is 11.3 Å². The number of thiazole rings is 1. The first kappa shape index (κ1) is 13.3. The fraction of sp³-hybridized carbons (Fsp3) is 0.692. The smallest absolute Gasteiger partial charge is 0.312 e. The van der Waals surface area contributed by atoms with Gasteiger partial charge in [-0.25, -0.2) is 4.98 Å². The van der Waals surface area contributed by atoms with E-state index in [2.05, 4.69) is 31.1 Å². The molecule has 1 unspecified atom stereocenters. The van der Waals surface area contributed by atoms with Crippen LogP contribution in [0.25, 0.3) is 0 Å². The van der Waals surface area contributed by atoms with Gasteiger partial charge in [0.2, 0.25) is 0 Å². The first-order chi connectivity index (χ1) is 8.37. The number of hydrogen-bond donors (Lipinski definition) is 2. The van der Waals surface area contributed by atoms with Gasteiger partial charge in [0.05, 0.1) is 5.69 Å². The summed E-state index contributed by atoms with van der Waals surface area (Å²) in [5.74, 6) is -1.15. The fourth-order valence-electron chi connectivity index (χ4n) is 2.08. The number of anilines is 1. The van der Waals surface area contributed by atoms with E-state index in [1.54, 1.807) is 11.3 Å². The van der Waals surface area contributed by atoms with Crippen molar-refractivity contribution in [1.29, 1.82) is 0 Å². The number of rotatable bonds is 3. The van der Waals surface area contributed by atoms with Crippen molar-refractivity contribution < 1.29 is 9.90 Å². The molecular formula is C13H20N2O2S. The molecule has 2 N–H and O–H groups in total. The van der Waals surface area contributed by atoms with E-state index in [1.807, 2.05) is 0 Å². The Kier molecular flexibility index (Phi) is 3.61. The van der Waals surface area contributed by atoms with E-state index in [4.69, 9.17) is 0 Å². The Morgan fingerprint density at radius 2 is 2.28 bits per heavy atom. The normalized spacial score (nSPS) is 19.4. The molecule has 0 spiro atoms. The molecule has 18 heavy (non-hydrogen) atoms. The number of carboxylic acid groups (broad SMARTS) is 1. The molecule has 0 amide bonds. The van der Waals surface area contributed by atoms with Crippen LogP contribution in [0.5, 0.6) is 0 Å². The Bertz CT molecular complexity index is 448. The molecule has 0 fully saturated rings. The summed E-state index contributed by atoms with van der Waals surface area (Å²) >= 11 is 1.61. The van der Waals surface area contributed by atoms with Crippen molar-refractivity contribution in [2.45, 2.75) is 46.0 Å². The lowest BCUT2D eigenvalue weighted by molar-refractivity contribution is -0.139. The summed E-state index contributed by atoms with van der Waals surface area (Å²) in [6, 6.07) is 0. The summed E-state index contributed by atoms with van der Waals surface area (Å²) in [6.45, 7) is 7.33. The lowest BCUT2D eigenvalue weighted by Crippen LogP contribution is -2.19. The number of nitrogens with zero attached hydrogens (tertiary/aromatic N) is 1. The van der Waals surface area contributed by atoms with Crippen molar-refractivity contribution in [3.05, 3.63) is 10.6 Å². The molecule has 100 valence electrons. The topological polar surface area (TPSA) is 62.2 Å². The maximum atomic E-state index is 11.2. The first-order valence-electron chi connectivity index (χ1n) is 6.33. The van der Waals surface area contributed by atoms with Crippen molar-refractivity contribution in [2.24, 2.45) is 5.41 Å². The molecule has 0 saturated carbocycles. The Hall–Kier alpha value is -1.10. The third-order valence-corrected chi connectivity index (χ3v) is 4.11. The minimum absolute atomic E-state index is 0.193. The molecule has 0 saturated heterocycles. The number of aryl methyl sites for hydroxylation is 1. The van der Waals surface area contributed by atoms with Gasteiger partial charge in [-0.2, -0.15) is 0 Å². The molecule has 0 radical (unpaired) electrons. The minimum Gasteiger partial charge on any atom is -0.481 e. The van der Waals surface area contributed by atoms with E-state index in [0.717, 1.165) is 35.1 Å². The van der Waals surface area contributed by atoms with Gasteiger partial charge in [-0.3, -0.25) is 4.79 Å². The molecule has 0 bridgehead atoms. The molecule has 1 atom stereocenters. The number of aromatic nitrogens is 1. The molecule has 1 aliphatic carbocycles. The summed E-state index contributed by atoms with van der Waals surface area (Å²) in [5, 5.41) is 13.4. The first-order valence-corrected chi connectivity index (χ1v) is 7.15. The molecule has 0 aromatic carbocycles. The van der Waals surface area contributed by atoms with E-state index in [-0.39, 0.29) is 5.41 Å². The SMILES string of the molecule is CC(C)(C)CNc1nc2c(s1)CCCC2C(=O)O. The third-order valence-electron chi connectivity index (χ3n) is 3.02. The Balaban J connectivity index is 2.14. The third kappa shape index (κ3) is 3.02. The average molecular weight is 268 g/mol. The molecular weight excluding hydrogens is 248 g/mol. The van der Waals surface area contributed by atoms with E-state index >= 15 is 0 Å². The van der Waals surface area contributed by atoms with Crippen LogP contribution in [0.15, 0.2) is 0 Å². The predicted molar refractivity (Wildman–Crippen MR) is 73.4 cm³/mol. The van der Waals surface area contributed by atoms with E-state index in [1.165, 1.54) is 0 Å². The zero-order chi connectivity index (χ0) is 13.3. The van der Waals surface area contributed by atoms with E-state index < -0.39 is 11.9 Å². The van der Waals surface area contributed by atoms with Gasteiger partial charge in [0, 0.05) is 11.4 Å². The summed E-state index contributed by atoms with van der Waals surface area (Å²) in [6.07, 6.45) is 2.63. The van der Waals surface area contributed by atoms with Crippen LogP contribution in [-0.2, 0) is 11.2 Å². The summed E-state index contributed by atoms with van der Waals surface area (Å²) in [4.78, 5) is 16.8. The molecule has 1 aromatic heterocycles. The maximum absolute atomic E-state index is 11.2. The van der Waals surface area contributed by atoms with Gasteiger partial charge in [0.15, 0.2) is 5.13 Å². The lowest BCUT2D eigenvalue weighted by Gasteiger charge is -2.18. The van der Waals surface area contributed by atoms with Crippen molar-refractivity contribution in [2.75, 3.05) is 11.9 Å². The highest BCUT2D eigenvalue weighted by atomic mass is 32.1. The van der Waals surface area contributed by atoms with Crippen LogP contribution in [0.4, 0.5) is 5.13 Å². The van der Waals surface area contributed by atoms with Crippen LogP contribution in [0, 0.1) is 5.41 Å². The van der Waals surface area contributed by atoms with Crippen LogP contribution in [0.3, 0.4) is 0 Å². The number of nitrogens with one attached hydrogen (secondary N) is 1. The maximum Gasteiger partial charge on any atom is 0.312 e. The lowest BCUT2D eigenvalue weighted by atomic mass is 9.91. The van der Waals surface area contributed by atoms with Gasteiger partial charge in [0.1, 0.15) is 5.92 Å². The molecule has 1 heterocycles. The molecule has 2 rings (SSSR count). The molecule has 1 aromatic rings. The number of aliphatic carboxylic acids is 1. The Labute approximate surface area is 111 Å². The highest BCUT2D eigenvalue weighted by molar-refractivity contribution is 7.15. The Morgan fingerprint density at radius 1 is 1.56 bits per heavy atom. The zero-order valence-electron chi connectivity index (χ0n) is 11.1. The van der Waals surface area contributed by atoms with Gasteiger partial charge in [-0.15, -0.1) is 11.3 Å². The summed E-state index contributed by atoms with van der Waals surface area (Å²) < 4.78 is 0. The predicted octanol–water partition coefficient (Wildman–Crippen LogP) is 3.11. The Morgan fingerprint density at radius 3 is 2.89 bits per heavy atom. The van der Waals surface area contributed by atoms with Gasteiger partial charge in [0.25, 0.3) is 0 Å². The van der Waals surface area contributed by atoms with E-state index in [0.29, 0.717) is 6.42 Å². The largest absolute Gasteiger partial charge is 0.481 e. The van der Waals surface area contributed by atoms with E-state index in [9.17, 15) is 9.90 Å². The second-order valence-corrected chi connectivity index (χ2v) is 7.11. The second-order valence-electron chi connectivity index (χ2n) is 6.02. The minimum atomic E-state index is -0.747. The van der Waals surface area contributed by atoms with Crippen molar-refractivity contribution >= 4 is 22.4 Å². The van der Waals surface area contributed by atoms with Crippen LogP contribution in [0.2, 0.25) is 0 Å².